The number of H-pyrrole nitrogens is 2. The topological polar surface area (TPSA) is 92.2 Å². The summed E-state index contributed by atoms with van der Waals surface area (Å²) in [5.74, 6) is 0.570. The fraction of sp³-hybridized carbons (Fsp3) is 0.368. The van der Waals surface area contributed by atoms with Crippen LogP contribution in [0.25, 0.3) is 33.5 Å². The number of aromatic nitrogens is 6. The number of rotatable bonds is 3. The van der Waals surface area contributed by atoms with Crippen LogP contribution in [0.4, 0.5) is 0 Å². The van der Waals surface area contributed by atoms with Gasteiger partial charge in [-0.3, -0.25) is 4.79 Å². The standard InChI is InChI=1S/C19H20N6O/c1-2-13-16-18(25(24-13)12-5-3-4-6-12)22-17(23-19(16)26)11-7-8-14-15(9-11)21-10-20-14/h7-10,12H,2-6H2,1H3,(H,20,21)(H,22,23,26). The zero-order valence-corrected chi connectivity index (χ0v) is 14.6. The Labute approximate surface area is 149 Å². The molecule has 1 aromatic carbocycles. The summed E-state index contributed by atoms with van der Waals surface area (Å²) in [6.07, 6.45) is 7.00. The van der Waals surface area contributed by atoms with Crippen LogP contribution >= 0.6 is 0 Å². The summed E-state index contributed by atoms with van der Waals surface area (Å²) in [5, 5.41) is 5.38. The van der Waals surface area contributed by atoms with Gasteiger partial charge in [-0.25, -0.2) is 14.6 Å². The molecule has 0 saturated heterocycles. The van der Waals surface area contributed by atoms with Crippen molar-refractivity contribution in [3.05, 3.63) is 40.6 Å². The molecule has 0 aliphatic heterocycles. The molecule has 0 unspecified atom stereocenters. The van der Waals surface area contributed by atoms with Gasteiger partial charge >= 0.3 is 0 Å². The van der Waals surface area contributed by atoms with E-state index in [2.05, 4.69) is 15.0 Å². The first-order valence-electron chi connectivity index (χ1n) is 9.19. The highest BCUT2D eigenvalue weighted by molar-refractivity contribution is 5.82. The van der Waals surface area contributed by atoms with E-state index in [1.165, 1.54) is 12.8 Å². The number of hydrogen-bond acceptors (Lipinski definition) is 4. The van der Waals surface area contributed by atoms with E-state index in [4.69, 9.17) is 10.1 Å². The van der Waals surface area contributed by atoms with E-state index in [1.807, 2.05) is 29.8 Å². The Balaban J connectivity index is 1.74. The molecule has 1 fully saturated rings. The predicted octanol–water partition coefficient (Wildman–Crippen LogP) is 3.34. The summed E-state index contributed by atoms with van der Waals surface area (Å²) in [5.41, 5.74) is 4.09. The van der Waals surface area contributed by atoms with Gasteiger partial charge in [-0.2, -0.15) is 5.10 Å². The molecule has 0 bridgehead atoms. The summed E-state index contributed by atoms with van der Waals surface area (Å²) >= 11 is 0. The van der Waals surface area contributed by atoms with Crippen molar-refractivity contribution in [1.29, 1.82) is 0 Å². The van der Waals surface area contributed by atoms with E-state index in [-0.39, 0.29) is 5.56 Å². The second-order valence-corrected chi connectivity index (χ2v) is 6.93. The monoisotopic (exact) mass is 348 g/mol. The molecule has 132 valence electrons. The molecule has 0 atom stereocenters. The van der Waals surface area contributed by atoms with Crippen LogP contribution in [-0.2, 0) is 6.42 Å². The lowest BCUT2D eigenvalue weighted by atomic mass is 10.1. The molecular weight excluding hydrogens is 328 g/mol. The molecule has 26 heavy (non-hydrogen) atoms. The van der Waals surface area contributed by atoms with Gasteiger partial charge in [0.2, 0.25) is 0 Å². The second kappa shape index (κ2) is 5.79. The Kier molecular flexibility index (Phi) is 3.41. The van der Waals surface area contributed by atoms with Crippen molar-refractivity contribution in [2.24, 2.45) is 0 Å². The minimum atomic E-state index is -0.115. The summed E-state index contributed by atoms with van der Waals surface area (Å²) in [7, 11) is 0. The average Bonchev–Trinajstić information content (AvgIpc) is 3.39. The first-order valence-corrected chi connectivity index (χ1v) is 9.19. The molecule has 7 nitrogen and oxygen atoms in total. The smallest absolute Gasteiger partial charge is 0.262 e. The number of imidazole rings is 1. The third-order valence-corrected chi connectivity index (χ3v) is 5.33. The molecule has 1 saturated carbocycles. The van der Waals surface area contributed by atoms with Crippen LogP contribution in [-0.4, -0.2) is 29.7 Å². The third-order valence-electron chi connectivity index (χ3n) is 5.33. The van der Waals surface area contributed by atoms with Crippen molar-refractivity contribution in [3.63, 3.8) is 0 Å². The summed E-state index contributed by atoms with van der Waals surface area (Å²) in [6, 6.07) is 6.17. The highest BCUT2D eigenvalue weighted by Crippen LogP contribution is 2.32. The van der Waals surface area contributed by atoms with Gasteiger partial charge in [-0.1, -0.05) is 19.8 Å². The number of benzene rings is 1. The molecule has 0 radical (unpaired) electrons. The minimum Gasteiger partial charge on any atom is -0.345 e. The van der Waals surface area contributed by atoms with Crippen molar-refractivity contribution in [3.8, 4) is 11.4 Å². The number of nitrogens with zero attached hydrogens (tertiary/aromatic N) is 4. The predicted molar refractivity (Wildman–Crippen MR) is 100 cm³/mol. The van der Waals surface area contributed by atoms with Crippen LogP contribution in [0.3, 0.4) is 0 Å². The van der Waals surface area contributed by atoms with E-state index < -0.39 is 0 Å². The fourth-order valence-corrected chi connectivity index (χ4v) is 3.99. The van der Waals surface area contributed by atoms with Gasteiger partial charge in [-0.15, -0.1) is 0 Å². The van der Waals surface area contributed by atoms with Gasteiger partial charge in [0, 0.05) is 5.56 Å². The van der Waals surface area contributed by atoms with E-state index in [0.717, 1.165) is 41.6 Å². The molecule has 7 heteroatoms. The Morgan fingerprint density at radius 1 is 1.27 bits per heavy atom. The van der Waals surface area contributed by atoms with Gasteiger partial charge in [0.15, 0.2) is 5.65 Å². The average molecular weight is 348 g/mol. The van der Waals surface area contributed by atoms with E-state index in [0.29, 0.717) is 22.9 Å². The molecule has 3 aromatic heterocycles. The molecule has 3 heterocycles. The molecule has 0 spiro atoms. The lowest BCUT2D eigenvalue weighted by Gasteiger charge is -2.11. The second-order valence-electron chi connectivity index (χ2n) is 6.93. The molecular formula is C19H20N6O. The summed E-state index contributed by atoms with van der Waals surface area (Å²) in [4.78, 5) is 27.9. The largest absolute Gasteiger partial charge is 0.345 e. The molecule has 0 amide bonds. The molecule has 4 aromatic rings. The number of aryl methyl sites for hydroxylation is 1. The van der Waals surface area contributed by atoms with Gasteiger partial charge < -0.3 is 9.97 Å². The van der Waals surface area contributed by atoms with E-state index in [1.54, 1.807) is 6.33 Å². The first-order chi connectivity index (χ1) is 12.7. The number of nitrogens with one attached hydrogen (secondary N) is 2. The maximum atomic E-state index is 12.8. The highest BCUT2D eigenvalue weighted by atomic mass is 16.1. The SMILES string of the molecule is CCc1nn(C2CCCC2)c2nc(-c3ccc4nc[nH]c4c3)[nH]c(=O)c12. The number of hydrogen-bond donors (Lipinski definition) is 2. The zero-order chi connectivity index (χ0) is 17.7. The van der Waals surface area contributed by atoms with Crippen molar-refractivity contribution in [2.75, 3.05) is 0 Å². The van der Waals surface area contributed by atoms with Crippen molar-refractivity contribution < 1.29 is 0 Å². The number of fused-ring (bicyclic) bond motifs is 2. The molecule has 2 N–H and O–H groups in total. The zero-order valence-electron chi connectivity index (χ0n) is 14.6. The van der Waals surface area contributed by atoms with Crippen LogP contribution in [0.5, 0.6) is 0 Å². The van der Waals surface area contributed by atoms with Crippen LogP contribution < -0.4 is 5.56 Å². The minimum absolute atomic E-state index is 0.115. The van der Waals surface area contributed by atoms with Crippen LogP contribution in [0.1, 0.15) is 44.3 Å². The normalized spacial score (nSPS) is 15.4. The van der Waals surface area contributed by atoms with Crippen LogP contribution in [0.2, 0.25) is 0 Å². The van der Waals surface area contributed by atoms with Crippen LogP contribution in [0, 0.1) is 0 Å². The van der Waals surface area contributed by atoms with Crippen molar-refractivity contribution >= 4 is 22.1 Å². The Hall–Kier alpha value is -2.96. The summed E-state index contributed by atoms with van der Waals surface area (Å²) in [6.45, 7) is 2.03. The highest BCUT2D eigenvalue weighted by Gasteiger charge is 2.24. The number of aromatic amines is 2. The van der Waals surface area contributed by atoms with Crippen molar-refractivity contribution in [2.45, 2.75) is 45.1 Å². The fourth-order valence-electron chi connectivity index (χ4n) is 3.99. The Bertz CT molecular complexity index is 1160. The maximum Gasteiger partial charge on any atom is 0.262 e. The first kappa shape index (κ1) is 15.3. The molecule has 5 rings (SSSR count). The van der Waals surface area contributed by atoms with Crippen LogP contribution in [0.15, 0.2) is 29.3 Å². The van der Waals surface area contributed by atoms with Gasteiger partial charge in [-0.05, 0) is 37.5 Å². The third kappa shape index (κ3) is 2.27. The molecule has 1 aliphatic carbocycles. The quantitative estimate of drug-likeness (QED) is 0.594. The Morgan fingerprint density at radius 3 is 2.92 bits per heavy atom. The maximum absolute atomic E-state index is 12.8. The van der Waals surface area contributed by atoms with E-state index in [9.17, 15) is 4.79 Å². The van der Waals surface area contributed by atoms with E-state index >= 15 is 0 Å². The lowest BCUT2D eigenvalue weighted by molar-refractivity contribution is 0.474. The van der Waals surface area contributed by atoms with Gasteiger partial charge in [0.1, 0.15) is 11.2 Å². The van der Waals surface area contributed by atoms with Gasteiger partial charge in [0.25, 0.3) is 5.56 Å². The van der Waals surface area contributed by atoms with Crippen molar-refractivity contribution in [1.82, 2.24) is 29.7 Å². The Morgan fingerprint density at radius 2 is 2.12 bits per heavy atom. The van der Waals surface area contributed by atoms with Gasteiger partial charge in [0.05, 0.1) is 29.1 Å². The molecule has 1 aliphatic rings. The lowest BCUT2D eigenvalue weighted by Crippen LogP contribution is -2.12. The summed E-state index contributed by atoms with van der Waals surface area (Å²) < 4.78 is 1.99.